The number of benzene rings is 1. The van der Waals surface area contributed by atoms with Crippen molar-refractivity contribution in [2.24, 2.45) is 5.92 Å². The van der Waals surface area contributed by atoms with E-state index in [2.05, 4.69) is 30.8 Å². The molecule has 21 heavy (non-hydrogen) atoms. The molecule has 0 amide bonds. The lowest BCUT2D eigenvalue weighted by Gasteiger charge is -2.27. The van der Waals surface area contributed by atoms with E-state index in [-0.39, 0.29) is 11.0 Å². The summed E-state index contributed by atoms with van der Waals surface area (Å²) in [6, 6.07) is 4.95. The monoisotopic (exact) mass is 312 g/mol. The molecule has 0 aliphatic carbocycles. The summed E-state index contributed by atoms with van der Waals surface area (Å²) in [6.07, 6.45) is 1.89. The molecule has 1 unspecified atom stereocenters. The van der Waals surface area contributed by atoms with Crippen molar-refractivity contribution in [1.82, 2.24) is 4.72 Å². The molecule has 2 rings (SSSR count). The Morgan fingerprint density at radius 1 is 1.43 bits per heavy atom. The molecule has 0 saturated carbocycles. The van der Waals surface area contributed by atoms with Crippen molar-refractivity contribution in [3.8, 4) is 5.75 Å². The van der Waals surface area contributed by atoms with Crippen LogP contribution in [0.3, 0.4) is 0 Å². The van der Waals surface area contributed by atoms with Gasteiger partial charge in [-0.15, -0.1) is 0 Å². The summed E-state index contributed by atoms with van der Waals surface area (Å²) in [7, 11) is -3.45. The molecule has 1 aromatic rings. The second-order valence-electron chi connectivity index (χ2n) is 5.77. The number of anilines is 1. The highest BCUT2D eigenvalue weighted by Crippen LogP contribution is 2.31. The van der Waals surface area contributed by atoms with Gasteiger partial charge in [-0.3, -0.25) is 0 Å². The van der Waals surface area contributed by atoms with E-state index in [4.69, 9.17) is 4.74 Å². The average Bonchev–Trinajstić information content (AvgIpc) is 2.45. The number of ether oxygens (including phenoxy) is 1. The molecule has 2 N–H and O–H groups in total. The third-order valence-electron chi connectivity index (χ3n) is 3.54. The fourth-order valence-corrected chi connectivity index (χ4v) is 3.23. The lowest BCUT2D eigenvalue weighted by atomic mass is 10.1. The molecule has 6 heteroatoms. The van der Waals surface area contributed by atoms with Gasteiger partial charge >= 0.3 is 0 Å². The average molecular weight is 312 g/mol. The van der Waals surface area contributed by atoms with Crippen molar-refractivity contribution in [1.29, 1.82) is 0 Å². The van der Waals surface area contributed by atoms with Gasteiger partial charge in [-0.2, -0.15) is 0 Å². The molecule has 1 heterocycles. The van der Waals surface area contributed by atoms with Crippen LogP contribution in [-0.4, -0.2) is 27.6 Å². The van der Waals surface area contributed by atoms with Crippen LogP contribution in [0.4, 0.5) is 5.69 Å². The topological polar surface area (TPSA) is 67.4 Å². The van der Waals surface area contributed by atoms with Crippen LogP contribution < -0.4 is 14.8 Å². The molecule has 1 atom stereocenters. The van der Waals surface area contributed by atoms with Crippen LogP contribution >= 0.6 is 0 Å². The lowest BCUT2D eigenvalue weighted by Crippen LogP contribution is -2.30. The Balaban J connectivity index is 2.11. The molecular weight excluding hydrogens is 288 g/mol. The predicted molar refractivity (Wildman–Crippen MR) is 84.3 cm³/mol. The van der Waals surface area contributed by atoms with Crippen LogP contribution in [0.15, 0.2) is 23.1 Å². The Morgan fingerprint density at radius 2 is 2.19 bits per heavy atom. The Kier molecular flexibility index (Phi) is 5.11. The van der Waals surface area contributed by atoms with Gasteiger partial charge in [0.05, 0.1) is 17.1 Å². The SMILES string of the molecule is CCC1CNc2cc(S(=O)(=O)NCCC(C)C)ccc2O1. The van der Waals surface area contributed by atoms with Gasteiger partial charge in [0.15, 0.2) is 0 Å². The summed E-state index contributed by atoms with van der Waals surface area (Å²) in [5, 5.41) is 3.23. The minimum absolute atomic E-state index is 0.143. The second kappa shape index (κ2) is 6.66. The first-order valence-corrected chi connectivity index (χ1v) is 8.95. The first kappa shape index (κ1) is 16.1. The molecule has 1 aromatic carbocycles. The van der Waals surface area contributed by atoms with Gasteiger partial charge in [0.25, 0.3) is 0 Å². The van der Waals surface area contributed by atoms with Crippen molar-refractivity contribution in [2.75, 3.05) is 18.4 Å². The van der Waals surface area contributed by atoms with Gasteiger partial charge in [0.1, 0.15) is 11.9 Å². The number of rotatable bonds is 6. The van der Waals surface area contributed by atoms with Crippen LogP contribution in [0.1, 0.15) is 33.6 Å². The van der Waals surface area contributed by atoms with Crippen LogP contribution in [0.5, 0.6) is 5.75 Å². The lowest BCUT2D eigenvalue weighted by molar-refractivity contribution is 0.201. The third kappa shape index (κ3) is 4.11. The van der Waals surface area contributed by atoms with E-state index in [0.717, 1.165) is 18.5 Å². The molecule has 1 aliphatic heterocycles. The fourth-order valence-electron chi connectivity index (χ4n) is 2.16. The van der Waals surface area contributed by atoms with Crippen molar-refractivity contribution in [3.63, 3.8) is 0 Å². The van der Waals surface area contributed by atoms with Gasteiger partial charge in [-0.25, -0.2) is 13.1 Å². The number of nitrogens with one attached hydrogen (secondary N) is 2. The maximum Gasteiger partial charge on any atom is 0.240 e. The highest BCUT2D eigenvalue weighted by atomic mass is 32.2. The van der Waals surface area contributed by atoms with Crippen molar-refractivity contribution in [2.45, 2.75) is 44.6 Å². The van der Waals surface area contributed by atoms with Crippen molar-refractivity contribution >= 4 is 15.7 Å². The number of fused-ring (bicyclic) bond motifs is 1. The smallest absolute Gasteiger partial charge is 0.240 e. The van der Waals surface area contributed by atoms with Gasteiger partial charge < -0.3 is 10.1 Å². The standard InChI is InChI=1S/C15H24N2O3S/c1-4-12-10-16-14-9-13(5-6-15(14)20-12)21(18,19)17-8-7-11(2)3/h5-6,9,11-12,16-17H,4,7-8,10H2,1-3H3. The van der Waals surface area contributed by atoms with Gasteiger partial charge in [-0.1, -0.05) is 20.8 Å². The number of sulfonamides is 1. The second-order valence-corrected chi connectivity index (χ2v) is 7.53. The molecule has 0 radical (unpaired) electrons. The molecular formula is C15H24N2O3S. The summed E-state index contributed by atoms with van der Waals surface area (Å²) < 4.78 is 32.9. The van der Waals surface area contributed by atoms with E-state index < -0.39 is 10.0 Å². The zero-order valence-corrected chi connectivity index (χ0v) is 13.7. The Labute approximate surface area is 127 Å². The van der Waals surface area contributed by atoms with E-state index in [0.29, 0.717) is 24.8 Å². The van der Waals surface area contributed by atoms with Crippen molar-refractivity contribution in [3.05, 3.63) is 18.2 Å². The zero-order valence-electron chi connectivity index (χ0n) is 12.8. The maximum atomic E-state index is 12.2. The predicted octanol–water partition coefficient (Wildman–Crippen LogP) is 2.59. The van der Waals surface area contributed by atoms with Crippen LogP contribution in [0.2, 0.25) is 0 Å². The number of hydrogen-bond acceptors (Lipinski definition) is 4. The Hall–Kier alpha value is -1.27. The number of hydrogen-bond donors (Lipinski definition) is 2. The van der Waals surface area contributed by atoms with E-state index in [1.54, 1.807) is 18.2 Å². The summed E-state index contributed by atoms with van der Waals surface area (Å²) in [5.41, 5.74) is 0.742. The maximum absolute atomic E-state index is 12.2. The van der Waals surface area contributed by atoms with Gasteiger partial charge in [0.2, 0.25) is 10.0 Å². The summed E-state index contributed by atoms with van der Waals surface area (Å²) in [4.78, 5) is 0.274. The van der Waals surface area contributed by atoms with Crippen LogP contribution in [0, 0.1) is 5.92 Å². The molecule has 0 fully saturated rings. The van der Waals surface area contributed by atoms with E-state index in [9.17, 15) is 8.42 Å². The quantitative estimate of drug-likeness (QED) is 0.847. The normalized spacial score (nSPS) is 18.0. The molecule has 118 valence electrons. The van der Waals surface area contributed by atoms with E-state index in [1.807, 2.05) is 0 Å². The summed E-state index contributed by atoms with van der Waals surface area (Å²) in [5.74, 6) is 1.19. The molecule has 0 saturated heterocycles. The molecule has 5 nitrogen and oxygen atoms in total. The third-order valence-corrected chi connectivity index (χ3v) is 5.00. The Bertz CT molecular complexity index is 585. The van der Waals surface area contributed by atoms with Gasteiger partial charge in [-0.05, 0) is 37.0 Å². The summed E-state index contributed by atoms with van der Waals surface area (Å²) >= 11 is 0. The fraction of sp³-hybridized carbons (Fsp3) is 0.600. The molecule has 0 bridgehead atoms. The zero-order chi connectivity index (χ0) is 15.5. The van der Waals surface area contributed by atoms with Crippen LogP contribution in [-0.2, 0) is 10.0 Å². The highest BCUT2D eigenvalue weighted by molar-refractivity contribution is 7.89. The molecule has 0 spiro atoms. The minimum atomic E-state index is -3.45. The Morgan fingerprint density at radius 3 is 2.86 bits per heavy atom. The largest absolute Gasteiger partial charge is 0.486 e. The molecule has 1 aliphatic rings. The first-order chi connectivity index (χ1) is 9.92. The summed E-state index contributed by atoms with van der Waals surface area (Å²) in [6.45, 7) is 7.36. The van der Waals surface area contributed by atoms with E-state index >= 15 is 0 Å². The highest BCUT2D eigenvalue weighted by Gasteiger charge is 2.21. The van der Waals surface area contributed by atoms with Crippen molar-refractivity contribution < 1.29 is 13.2 Å². The van der Waals surface area contributed by atoms with Crippen LogP contribution in [0.25, 0.3) is 0 Å². The van der Waals surface area contributed by atoms with E-state index in [1.165, 1.54) is 0 Å². The first-order valence-electron chi connectivity index (χ1n) is 7.46. The van der Waals surface area contributed by atoms with Gasteiger partial charge in [0, 0.05) is 6.54 Å². The molecule has 0 aromatic heterocycles. The minimum Gasteiger partial charge on any atom is -0.486 e.